The van der Waals surface area contributed by atoms with E-state index in [-0.39, 0.29) is 0 Å². The normalized spacial score (nSPS) is 40.2. The Bertz CT molecular complexity index is 402. The molecule has 0 radical (unpaired) electrons. The summed E-state index contributed by atoms with van der Waals surface area (Å²) in [6, 6.07) is 0. The van der Waals surface area contributed by atoms with Gasteiger partial charge in [-0.25, -0.2) is 0 Å². The summed E-state index contributed by atoms with van der Waals surface area (Å²) in [5.41, 5.74) is 0. The van der Waals surface area contributed by atoms with Gasteiger partial charge in [-0.1, -0.05) is 50.8 Å². The quantitative estimate of drug-likeness (QED) is 0.474. The van der Waals surface area contributed by atoms with Crippen LogP contribution in [0.4, 0.5) is 0 Å². The maximum Gasteiger partial charge on any atom is 0.0603 e. The lowest BCUT2D eigenvalue weighted by molar-refractivity contribution is -0.0494. The van der Waals surface area contributed by atoms with Gasteiger partial charge in [0.1, 0.15) is 0 Å². The Labute approximate surface area is 156 Å². The van der Waals surface area contributed by atoms with E-state index in [0.717, 1.165) is 30.3 Å². The van der Waals surface area contributed by atoms with Gasteiger partial charge in [0.2, 0.25) is 0 Å². The molecule has 0 aromatic heterocycles. The van der Waals surface area contributed by atoms with E-state index >= 15 is 0 Å². The Morgan fingerprint density at radius 2 is 1.44 bits per heavy atom. The molecule has 3 rings (SSSR count). The van der Waals surface area contributed by atoms with E-state index in [1.54, 1.807) is 0 Å². The fourth-order valence-corrected chi connectivity index (χ4v) is 5.46. The summed E-state index contributed by atoms with van der Waals surface area (Å²) in [5, 5.41) is 0. The second-order valence-electron chi connectivity index (χ2n) is 9.07. The third-order valence-electron chi connectivity index (χ3n) is 7.27. The van der Waals surface area contributed by atoms with Crippen LogP contribution in [0.25, 0.3) is 0 Å². The molecule has 1 aliphatic heterocycles. The molecular formula is C24H40O. The Balaban J connectivity index is 1.35. The molecule has 1 heterocycles. The smallest absolute Gasteiger partial charge is 0.0603 e. The highest BCUT2D eigenvalue weighted by molar-refractivity contribution is 4.98. The fraction of sp³-hybridized carbons (Fsp3) is 0.833. The van der Waals surface area contributed by atoms with Crippen molar-refractivity contribution in [1.29, 1.82) is 0 Å². The lowest BCUT2D eigenvalue weighted by atomic mass is 9.76. The van der Waals surface area contributed by atoms with Gasteiger partial charge in [-0.15, -0.1) is 6.58 Å². The van der Waals surface area contributed by atoms with Gasteiger partial charge < -0.3 is 4.74 Å². The molecule has 2 aliphatic carbocycles. The predicted molar refractivity (Wildman–Crippen MR) is 108 cm³/mol. The molecule has 1 nitrogen and oxygen atoms in total. The zero-order valence-electron chi connectivity index (χ0n) is 16.5. The minimum atomic E-state index is 0.565. The van der Waals surface area contributed by atoms with Gasteiger partial charge in [0, 0.05) is 5.92 Å². The second kappa shape index (κ2) is 9.95. The maximum absolute atomic E-state index is 6.34. The van der Waals surface area contributed by atoms with E-state index in [9.17, 15) is 0 Å². The third kappa shape index (κ3) is 5.71. The summed E-state index contributed by atoms with van der Waals surface area (Å²) in [7, 11) is 0. The van der Waals surface area contributed by atoms with Crippen molar-refractivity contribution in [2.24, 2.45) is 29.6 Å². The van der Waals surface area contributed by atoms with Crippen molar-refractivity contribution in [2.75, 3.05) is 6.61 Å². The highest BCUT2D eigenvalue weighted by Gasteiger charge is 2.31. The van der Waals surface area contributed by atoms with Crippen molar-refractivity contribution in [1.82, 2.24) is 0 Å². The Morgan fingerprint density at radius 1 is 0.800 bits per heavy atom. The maximum atomic E-state index is 6.34. The first-order valence-corrected chi connectivity index (χ1v) is 11.2. The van der Waals surface area contributed by atoms with Gasteiger partial charge in [-0.05, 0) is 75.0 Å². The van der Waals surface area contributed by atoms with Crippen molar-refractivity contribution in [3.8, 4) is 0 Å². The van der Waals surface area contributed by atoms with Gasteiger partial charge in [-0.3, -0.25) is 0 Å². The fourth-order valence-electron chi connectivity index (χ4n) is 5.46. The van der Waals surface area contributed by atoms with Crippen LogP contribution in [-0.2, 0) is 4.74 Å². The second-order valence-corrected chi connectivity index (χ2v) is 9.07. The van der Waals surface area contributed by atoms with E-state index in [1.807, 2.05) is 0 Å². The molecule has 0 amide bonds. The molecule has 0 bridgehead atoms. The first-order valence-electron chi connectivity index (χ1n) is 11.2. The van der Waals surface area contributed by atoms with Crippen molar-refractivity contribution >= 4 is 0 Å². The summed E-state index contributed by atoms with van der Waals surface area (Å²) in [6.07, 6.45) is 24.3. The Kier molecular flexibility index (Phi) is 7.65. The first-order chi connectivity index (χ1) is 12.3. The topological polar surface area (TPSA) is 9.23 Å². The monoisotopic (exact) mass is 344 g/mol. The number of allylic oxidation sites excluding steroid dienone is 2. The highest BCUT2D eigenvalue weighted by Crippen LogP contribution is 2.38. The van der Waals surface area contributed by atoms with E-state index in [4.69, 9.17) is 4.74 Å². The molecule has 3 fully saturated rings. The van der Waals surface area contributed by atoms with Crippen LogP contribution in [0.15, 0.2) is 24.8 Å². The van der Waals surface area contributed by atoms with E-state index in [2.05, 4.69) is 31.7 Å². The predicted octanol–water partition coefficient (Wildman–Crippen LogP) is 6.94. The van der Waals surface area contributed by atoms with Crippen LogP contribution in [0, 0.1) is 29.6 Å². The number of hydrogen-bond donors (Lipinski definition) is 0. The van der Waals surface area contributed by atoms with Crippen molar-refractivity contribution < 1.29 is 4.74 Å². The summed E-state index contributed by atoms with van der Waals surface area (Å²) >= 11 is 0. The molecule has 0 N–H and O–H groups in total. The lowest BCUT2D eigenvalue weighted by Crippen LogP contribution is -2.33. The molecule has 1 heteroatoms. The SMILES string of the molecule is C=CC1CCC(C=CC2CCC(C3CCC(CCC)CC3)OC2)CC1. The van der Waals surface area contributed by atoms with Gasteiger partial charge in [-0.2, -0.15) is 0 Å². The molecule has 0 aromatic carbocycles. The van der Waals surface area contributed by atoms with Crippen LogP contribution in [0.5, 0.6) is 0 Å². The van der Waals surface area contributed by atoms with E-state index in [0.29, 0.717) is 12.0 Å². The van der Waals surface area contributed by atoms with Crippen LogP contribution < -0.4 is 0 Å². The zero-order chi connectivity index (χ0) is 17.5. The van der Waals surface area contributed by atoms with Gasteiger partial charge >= 0.3 is 0 Å². The number of hydrogen-bond acceptors (Lipinski definition) is 1. The van der Waals surface area contributed by atoms with Crippen LogP contribution in [-0.4, -0.2) is 12.7 Å². The largest absolute Gasteiger partial charge is 0.377 e. The summed E-state index contributed by atoms with van der Waals surface area (Å²) < 4.78 is 6.34. The van der Waals surface area contributed by atoms with Crippen molar-refractivity contribution in [3.05, 3.63) is 24.8 Å². The summed E-state index contributed by atoms with van der Waals surface area (Å²) in [6.45, 7) is 7.25. The minimum Gasteiger partial charge on any atom is -0.377 e. The van der Waals surface area contributed by atoms with Crippen LogP contribution >= 0.6 is 0 Å². The van der Waals surface area contributed by atoms with E-state index in [1.165, 1.54) is 77.0 Å². The molecule has 142 valence electrons. The molecule has 2 saturated carbocycles. The molecule has 3 aliphatic rings. The lowest BCUT2D eigenvalue weighted by Gasteiger charge is -2.37. The van der Waals surface area contributed by atoms with Gasteiger partial charge in [0.25, 0.3) is 0 Å². The molecule has 0 aromatic rings. The molecule has 1 saturated heterocycles. The molecule has 25 heavy (non-hydrogen) atoms. The number of rotatable bonds is 6. The highest BCUT2D eigenvalue weighted by atomic mass is 16.5. The van der Waals surface area contributed by atoms with Crippen LogP contribution in [0.3, 0.4) is 0 Å². The molecular weight excluding hydrogens is 304 g/mol. The summed E-state index contributed by atoms with van der Waals surface area (Å²) in [5.74, 6) is 4.12. The van der Waals surface area contributed by atoms with Crippen LogP contribution in [0.2, 0.25) is 0 Å². The van der Waals surface area contributed by atoms with Crippen LogP contribution in [0.1, 0.15) is 84.0 Å². The van der Waals surface area contributed by atoms with E-state index < -0.39 is 0 Å². The Morgan fingerprint density at radius 3 is 2.04 bits per heavy atom. The average Bonchev–Trinajstić information content (AvgIpc) is 2.68. The standard InChI is InChI=1S/C24H40O/c1-3-5-20-12-15-23(16-13-20)24-17-14-22(18-25-24)11-10-21-8-6-19(4-2)7-9-21/h4,10-11,19-24H,2-3,5-9,12-18H2,1H3. The minimum absolute atomic E-state index is 0.565. The Hall–Kier alpha value is -0.560. The number of ether oxygens (including phenoxy) is 1. The molecule has 0 spiro atoms. The molecule has 2 atom stereocenters. The third-order valence-corrected chi connectivity index (χ3v) is 7.27. The molecule has 2 unspecified atom stereocenters. The average molecular weight is 345 g/mol. The van der Waals surface area contributed by atoms with Gasteiger partial charge in [0.05, 0.1) is 12.7 Å². The first kappa shape index (κ1) is 19.2. The van der Waals surface area contributed by atoms with Crippen molar-refractivity contribution in [3.63, 3.8) is 0 Å². The summed E-state index contributed by atoms with van der Waals surface area (Å²) in [4.78, 5) is 0. The zero-order valence-corrected chi connectivity index (χ0v) is 16.5. The van der Waals surface area contributed by atoms with Gasteiger partial charge in [0.15, 0.2) is 0 Å². The van der Waals surface area contributed by atoms with Crippen molar-refractivity contribution in [2.45, 2.75) is 90.1 Å².